The number of aliphatic imine (C=N–C) groups is 1. The van der Waals surface area contributed by atoms with Crippen LogP contribution in [0.5, 0.6) is 0 Å². The Morgan fingerprint density at radius 2 is 1.74 bits per heavy atom. The molecule has 1 aliphatic heterocycles. The standard InChI is InChI=1S/C28H37N3O3/c1-5-6-16-24(32)22(18-17-19(2)3)27(33)30-26-28(34)31(4)23-15-11-10-14-21(23)25(29-26)20-12-8-7-9-13-20/h7-15,19,22,24,26,32H,5-6,16-18H2,1-4H3,(H,30,33)/t22?,24?,26-/m1/s1. The van der Waals surface area contributed by atoms with E-state index in [1.807, 2.05) is 54.6 Å². The highest BCUT2D eigenvalue weighted by atomic mass is 16.3. The van der Waals surface area contributed by atoms with E-state index in [1.165, 1.54) is 0 Å². The first-order valence-electron chi connectivity index (χ1n) is 12.3. The summed E-state index contributed by atoms with van der Waals surface area (Å²) in [6.45, 7) is 6.27. The molecule has 182 valence electrons. The number of hydrogen-bond donors (Lipinski definition) is 2. The van der Waals surface area contributed by atoms with Crippen LogP contribution in [-0.4, -0.2) is 41.9 Å². The van der Waals surface area contributed by atoms with Crippen LogP contribution in [0.15, 0.2) is 59.6 Å². The van der Waals surface area contributed by atoms with Gasteiger partial charge in [0.25, 0.3) is 5.91 Å². The summed E-state index contributed by atoms with van der Waals surface area (Å²) in [4.78, 5) is 33.1. The summed E-state index contributed by atoms with van der Waals surface area (Å²) < 4.78 is 0. The van der Waals surface area contributed by atoms with Gasteiger partial charge in [-0.3, -0.25) is 9.59 Å². The number of likely N-dealkylation sites (N-methyl/N-ethyl adjacent to an activating group) is 1. The van der Waals surface area contributed by atoms with Crippen LogP contribution in [-0.2, 0) is 9.59 Å². The van der Waals surface area contributed by atoms with Gasteiger partial charge >= 0.3 is 0 Å². The quantitative estimate of drug-likeness (QED) is 0.542. The first kappa shape index (κ1) is 25.6. The number of benzene rings is 2. The van der Waals surface area contributed by atoms with Crippen molar-refractivity contribution in [2.24, 2.45) is 16.8 Å². The number of fused-ring (bicyclic) bond motifs is 1. The first-order valence-corrected chi connectivity index (χ1v) is 12.3. The monoisotopic (exact) mass is 463 g/mol. The van der Waals surface area contributed by atoms with Gasteiger partial charge in [0.15, 0.2) is 0 Å². The topological polar surface area (TPSA) is 82.0 Å². The third-order valence-electron chi connectivity index (χ3n) is 6.38. The fourth-order valence-corrected chi connectivity index (χ4v) is 4.31. The summed E-state index contributed by atoms with van der Waals surface area (Å²) in [5.74, 6) is -0.792. The lowest BCUT2D eigenvalue weighted by atomic mass is 9.89. The predicted molar refractivity (Wildman–Crippen MR) is 137 cm³/mol. The van der Waals surface area contributed by atoms with E-state index in [9.17, 15) is 14.7 Å². The Morgan fingerprint density at radius 1 is 1.06 bits per heavy atom. The van der Waals surface area contributed by atoms with E-state index in [1.54, 1.807) is 11.9 Å². The maximum absolute atomic E-state index is 13.4. The summed E-state index contributed by atoms with van der Waals surface area (Å²) in [7, 11) is 1.70. The average molecular weight is 464 g/mol. The van der Waals surface area contributed by atoms with Crippen LogP contribution in [0.4, 0.5) is 5.69 Å². The van der Waals surface area contributed by atoms with Crippen molar-refractivity contribution in [2.45, 2.75) is 65.1 Å². The Kier molecular flexibility index (Phi) is 8.99. The molecular formula is C28H37N3O3. The summed E-state index contributed by atoms with van der Waals surface area (Å²) in [6, 6.07) is 17.3. The number of unbranched alkanes of at least 4 members (excludes halogenated alkanes) is 1. The molecule has 3 atom stereocenters. The number of anilines is 1. The highest BCUT2D eigenvalue weighted by Crippen LogP contribution is 2.27. The minimum atomic E-state index is -1.07. The van der Waals surface area contributed by atoms with E-state index in [0.29, 0.717) is 24.5 Å². The molecule has 2 aromatic carbocycles. The number of carbonyl (C=O) groups is 2. The SMILES string of the molecule is CCCCC(O)C(CCC(C)C)C(=O)N[C@H]1N=C(c2ccccc2)c2ccccc2N(C)C1=O. The molecule has 2 N–H and O–H groups in total. The van der Waals surface area contributed by atoms with Gasteiger partial charge in [0, 0.05) is 18.2 Å². The molecular weight excluding hydrogens is 426 g/mol. The molecule has 1 aliphatic rings. The second-order valence-electron chi connectivity index (χ2n) is 9.46. The van der Waals surface area contributed by atoms with Crippen molar-refractivity contribution in [1.82, 2.24) is 5.32 Å². The van der Waals surface area contributed by atoms with Crippen LogP contribution in [0.2, 0.25) is 0 Å². The van der Waals surface area contributed by atoms with Crippen LogP contribution in [0.1, 0.15) is 64.0 Å². The van der Waals surface area contributed by atoms with Crippen molar-refractivity contribution in [1.29, 1.82) is 0 Å². The van der Waals surface area contributed by atoms with Crippen LogP contribution < -0.4 is 10.2 Å². The predicted octanol–water partition coefficient (Wildman–Crippen LogP) is 4.55. The minimum absolute atomic E-state index is 0.308. The van der Waals surface area contributed by atoms with Crippen LogP contribution in [0, 0.1) is 11.8 Å². The lowest BCUT2D eigenvalue weighted by Crippen LogP contribution is -2.49. The lowest BCUT2D eigenvalue weighted by molar-refractivity contribution is -0.133. The number of nitrogens with one attached hydrogen (secondary N) is 1. The van der Waals surface area contributed by atoms with Gasteiger partial charge < -0.3 is 15.3 Å². The fourth-order valence-electron chi connectivity index (χ4n) is 4.31. The Labute approximate surface area is 203 Å². The molecule has 0 aliphatic carbocycles. The molecule has 3 rings (SSSR count). The number of amides is 2. The van der Waals surface area contributed by atoms with E-state index in [-0.39, 0.29) is 11.8 Å². The Bertz CT molecular complexity index is 1000. The number of nitrogens with zero attached hydrogens (tertiary/aromatic N) is 2. The number of aliphatic hydroxyl groups is 1. The molecule has 6 nitrogen and oxygen atoms in total. The molecule has 0 saturated carbocycles. The maximum Gasteiger partial charge on any atom is 0.272 e. The number of hydrogen-bond acceptors (Lipinski definition) is 4. The van der Waals surface area contributed by atoms with E-state index < -0.39 is 18.2 Å². The third-order valence-corrected chi connectivity index (χ3v) is 6.38. The molecule has 1 heterocycles. The van der Waals surface area contributed by atoms with E-state index in [2.05, 4.69) is 26.1 Å². The molecule has 2 unspecified atom stereocenters. The maximum atomic E-state index is 13.4. The molecule has 0 saturated heterocycles. The summed E-state index contributed by atoms with van der Waals surface area (Å²) in [6.07, 6.45) is 1.94. The Balaban J connectivity index is 1.95. The van der Waals surface area contributed by atoms with Gasteiger partial charge in [-0.2, -0.15) is 0 Å². The second-order valence-corrected chi connectivity index (χ2v) is 9.46. The van der Waals surface area contributed by atoms with Crippen molar-refractivity contribution >= 4 is 23.2 Å². The molecule has 2 aromatic rings. The van der Waals surface area contributed by atoms with Gasteiger partial charge in [0.2, 0.25) is 12.1 Å². The van der Waals surface area contributed by atoms with Gasteiger partial charge in [-0.05, 0) is 24.8 Å². The number of aliphatic hydroxyl groups excluding tert-OH is 1. The summed E-state index contributed by atoms with van der Waals surface area (Å²) >= 11 is 0. The normalized spacial score (nSPS) is 17.6. The molecule has 6 heteroatoms. The third kappa shape index (κ3) is 6.11. The van der Waals surface area contributed by atoms with Crippen molar-refractivity contribution in [2.75, 3.05) is 11.9 Å². The Morgan fingerprint density at radius 3 is 2.41 bits per heavy atom. The van der Waals surface area contributed by atoms with Gasteiger partial charge in [0.05, 0.1) is 23.4 Å². The van der Waals surface area contributed by atoms with E-state index in [4.69, 9.17) is 4.99 Å². The Hall–Kier alpha value is -2.99. The molecule has 0 fully saturated rings. The number of carbonyl (C=O) groups excluding carboxylic acids is 2. The van der Waals surface area contributed by atoms with Gasteiger partial charge in [-0.15, -0.1) is 0 Å². The highest BCUT2D eigenvalue weighted by Gasteiger charge is 2.34. The van der Waals surface area contributed by atoms with Crippen LogP contribution >= 0.6 is 0 Å². The molecule has 0 radical (unpaired) electrons. The number of para-hydroxylation sites is 1. The second kappa shape index (κ2) is 11.9. The van der Waals surface area contributed by atoms with Crippen LogP contribution in [0.3, 0.4) is 0 Å². The number of benzodiazepines with no additional fused rings is 1. The lowest BCUT2D eigenvalue weighted by Gasteiger charge is -2.26. The fraction of sp³-hybridized carbons (Fsp3) is 0.464. The van der Waals surface area contributed by atoms with Crippen molar-refractivity contribution in [3.05, 3.63) is 65.7 Å². The van der Waals surface area contributed by atoms with Crippen molar-refractivity contribution in [3.8, 4) is 0 Å². The van der Waals surface area contributed by atoms with Crippen molar-refractivity contribution < 1.29 is 14.7 Å². The van der Waals surface area contributed by atoms with Gasteiger partial charge in [0.1, 0.15) is 0 Å². The van der Waals surface area contributed by atoms with E-state index in [0.717, 1.165) is 36.1 Å². The van der Waals surface area contributed by atoms with Gasteiger partial charge in [-0.1, -0.05) is 88.6 Å². The molecule has 0 bridgehead atoms. The van der Waals surface area contributed by atoms with Gasteiger partial charge in [-0.25, -0.2) is 4.99 Å². The molecule has 0 aromatic heterocycles. The zero-order valence-electron chi connectivity index (χ0n) is 20.7. The first-order chi connectivity index (χ1) is 16.3. The smallest absolute Gasteiger partial charge is 0.272 e. The molecule has 0 spiro atoms. The average Bonchev–Trinajstić information content (AvgIpc) is 2.94. The zero-order valence-corrected chi connectivity index (χ0v) is 20.7. The highest BCUT2D eigenvalue weighted by molar-refractivity contribution is 6.20. The minimum Gasteiger partial charge on any atom is -0.392 e. The largest absolute Gasteiger partial charge is 0.392 e. The molecule has 2 amide bonds. The van der Waals surface area contributed by atoms with Crippen molar-refractivity contribution in [3.63, 3.8) is 0 Å². The zero-order chi connectivity index (χ0) is 24.7. The van der Waals surface area contributed by atoms with Crippen LogP contribution in [0.25, 0.3) is 0 Å². The summed E-state index contributed by atoms with van der Waals surface area (Å²) in [5, 5.41) is 13.7. The van der Waals surface area contributed by atoms with E-state index >= 15 is 0 Å². The molecule has 34 heavy (non-hydrogen) atoms. The summed E-state index contributed by atoms with van der Waals surface area (Å²) in [5.41, 5.74) is 3.10. The number of rotatable bonds is 10.